The lowest BCUT2D eigenvalue weighted by Gasteiger charge is -2.09. The molecule has 1 fully saturated rings. The maximum absolute atomic E-state index is 11.5. The van der Waals surface area contributed by atoms with Gasteiger partial charge < -0.3 is 10.1 Å². The van der Waals surface area contributed by atoms with Crippen LogP contribution in [0.15, 0.2) is 10.9 Å². The van der Waals surface area contributed by atoms with E-state index in [-0.39, 0.29) is 5.91 Å². The molecule has 1 aliphatic heterocycles. The van der Waals surface area contributed by atoms with Gasteiger partial charge in [-0.3, -0.25) is 4.79 Å². The van der Waals surface area contributed by atoms with Gasteiger partial charge in [0.2, 0.25) is 5.91 Å². The van der Waals surface area contributed by atoms with E-state index in [4.69, 9.17) is 4.74 Å². The molecule has 0 aromatic carbocycles. The zero-order valence-corrected chi connectivity index (χ0v) is 10.7. The smallest absolute Gasteiger partial charge is 0.220 e. The fourth-order valence-corrected chi connectivity index (χ4v) is 2.53. The minimum atomic E-state index is 0.107. The molecule has 0 radical (unpaired) electrons. The zero-order valence-electron chi connectivity index (χ0n) is 9.85. The van der Waals surface area contributed by atoms with Gasteiger partial charge in [-0.25, -0.2) is 4.98 Å². The van der Waals surface area contributed by atoms with E-state index >= 15 is 0 Å². The van der Waals surface area contributed by atoms with E-state index in [1.165, 1.54) is 0 Å². The summed E-state index contributed by atoms with van der Waals surface area (Å²) in [5, 5.41) is 4.91. The average Bonchev–Trinajstić information content (AvgIpc) is 2.99. The van der Waals surface area contributed by atoms with Crippen molar-refractivity contribution in [2.75, 3.05) is 13.2 Å². The third-order valence-electron chi connectivity index (χ3n) is 2.90. The van der Waals surface area contributed by atoms with E-state index < -0.39 is 0 Å². The maximum atomic E-state index is 11.5. The van der Waals surface area contributed by atoms with E-state index in [1.54, 1.807) is 16.8 Å². The Morgan fingerprint density at radius 3 is 3.29 bits per heavy atom. The lowest BCUT2D eigenvalue weighted by molar-refractivity contribution is -0.121. The molecule has 4 nitrogen and oxygen atoms in total. The zero-order chi connectivity index (χ0) is 11.9. The Balaban J connectivity index is 1.54. The fraction of sp³-hybridized carbons (Fsp3) is 0.667. The van der Waals surface area contributed by atoms with Gasteiger partial charge in [-0.2, -0.15) is 0 Å². The number of hydrogen-bond donors (Lipinski definition) is 1. The predicted octanol–water partition coefficient (Wildman–Crippen LogP) is 1.76. The van der Waals surface area contributed by atoms with Gasteiger partial charge in [0, 0.05) is 25.0 Å². The molecule has 2 rings (SSSR count). The van der Waals surface area contributed by atoms with Crippen molar-refractivity contribution in [2.45, 2.75) is 38.2 Å². The third-order valence-corrected chi connectivity index (χ3v) is 3.54. The van der Waals surface area contributed by atoms with Crippen LogP contribution in [-0.4, -0.2) is 30.1 Å². The van der Waals surface area contributed by atoms with Gasteiger partial charge in [-0.1, -0.05) is 0 Å². The largest absolute Gasteiger partial charge is 0.378 e. The normalized spacial score (nSPS) is 19.4. The van der Waals surface area contributed by atoms with Crippen molar-refractivity contribution >= 4 is 17.2 Å². The first kappa shape index (κ1) is 12.5. The number of rotatable bonds is 6. The summed E-state index contributed by atoms with van der Waals surface area (Å²) in [7, 11) is 0. The van der Waals surface area contributed by atoms with E-state index in [1.807, 2.05) is 5.38 Å². The van der Waals surface area contributed by atoms with Crippen LogP contribution in [0.25, 0.3) is 0 Å². The lowest BCUT2D eigenvalue weighted by atomic mass is 10.2. The molecule has 0 bridgehead atoms. The van der Waals surface area contributed by atoms with Crippen LogP contribution in [0.3, 0.4) is 0 Å². The number of ether oxygens (including phenoxy) is 1. The maximum Gasteiger partial charge on any atom is 0.220 e. The summed E-state index contributed by atoms with van der Waals surface area (Å²) in [6.07, 6.45) is 4.83. The van der Waals surface area contributed by atoms with E-state index in [2.05, 4.69) is 10.3 Å². The molecule has 0 aliphatic carbocycles. The Hall–Kier alpha value is -0.940. The van der Waals surface area contributed by atoms with Crippen LogP contribution in [-0.2, 0) is 16.0 Å². The molecular weight excluding hydrogens is 236 g/mol. The number of nitrogens with zero attached hydrogens (tertiary/aromatic N) is 1. The first-order valence-electron chi connectivity index (χ1n) is 6.10. The molecule has 1 unspecified atom stereocenters. The Bertz CT molecular complexity index is 334. The summed E-state index contributed by atoms with van der Waals surface area (Å²) in [5.41, 5.74) is 2.80. The second-order valence-electron chi connectivity index (χ2n) is 4.25. The summed E-state index contributed by atoms with van der Waals surface area (Å²) in [4.78, 5) is 15.7. The molecule has 2 heterocycles. The minimum absolute atomic E-state index is 0.107. The lowest BCUT2D eigenvalue weighted by Crippen LogP contribution is -2.27. The number of aryl methyl sites for hydroxylation is 1. The van der Waals surface area contributed by atoms with Gasteiger partial charge in [0.15, 0.2) is 0 Å². The highest BCUT2D eigenvalue weighted by atomic mass is 32.1. The van der Waals surface area contributed by atoms with Crippen molar-refractivity contribution in [3.05, 3.63) is 16.6 Å². The second-order valence-corrected chi connectivity index (χ2v) is 4.97. The summed E-state index contributed by atoms with van der Waals surface area (Å²) < 4.78 is 5.49. The molecule has 94 valence electrons. The van der Waals surface area contributed by atoms with Crippen LogP contribution < -0.4 is 5.32 Å². The standard InChI is InChI=1S/C12H18N2O2S/c15-12(4-3-10-8-17-9-14-10)13-6-5-11-2-1-7-16-11/h8-9,11H,1-7H2,(H,13,15). The summed E-state index contributed by atoms with van der Waals surface area (Å²) >= 11 is 1.57. The van der Waals surface area contributed by atoms with E-state index in [9.17, 15) is 4.79 Å². The Morgan fingerprint density at radius 2 is 2.59 bits per heavy atom. The number of aromatic nitrogens is 1. The van der Waals surface area contributed by atoms with Crippen molar-refractivity contribution in [2.24, 2.45) is 0 Å². The molecule has 1 amide bonds. The monoisotopic (exact) mass is 254 g/mol. The fourth-order valence-electron chi connectivity index (χ4n) is 1.94. The average molecular weight is 254 g/mol. The van der Waals surface area contributed by atoms with Crippen LogP contribution in [0, 0.1) is 0 Å². The summed E-state index contributed by atoms with van der Waals surface area (Å²) in [6, 6.07) is 0. The van der Waals surface area contributed by atoms with Crippen molar-refractivity contribution < 1.29 is 9.53 Å². The highest BCUT2D eigenvalue weighted by Gasteiger charge is 2.15. The SMILES string of the molecule is O=C(CCc1cscn1)NCCC1CCCO1. The minimum Gasteiger partial charge on any atom is -0.378 e. The molecule has 1 aromatic heterocycles. The number of thiazole rings is 1. The second kappa shape index (κ2) is 6.71. The van der Waals surface area contributed by atoms with Crippen LogP contribution in [0.2, 0.25) is 0 Å². The van der Waals surface area contributed by atoms with Crippen molar-refractivity contribution in [1.29, 1.82) is 0 Å². The van der Waals surface area contributed by atoms with Crippen LogP contribution in [0.1, 0.15) is 31.4 Å². The van der Waals surface area contributed by atoms with Crippen LogP contribution in [0.5, 0.6) is 0 Å². The predicted molar refractivity (Wildman–Crippen MR) is 67.0 cm³/mol. The van der Waals surface area contributed by atoms with Gasteiger partial charge in [0.25, 0.3) is 0 Å². The topological polar surface area (TPSA) is 51.2 Å². The van der Waals surface area contributed by atoms with E-state index in [0.717, 1.165) is 44.5 Å². The number of amides is 1. The third kappa shape index (κ3) is 4.44. The molecule has 0 spiro atoms. The Kier molecular flexibility index (Phi) is 4.94. The molecule has 1 N–H and O–H groups in total. The molecule has 0 saturated carbocycles. The number of hydrogen-bond acceptors (Lipinski definition) is 4. The molecule has 1 atom stereocenters. The van der Waals surface area contributed by atoms with Crippen LogP contribution >= 0.6 is 11.3 Å². The molecule has 1 saturated heterocycles. The first-order valence-corrected chi connectivity index (χ1v) is 7.04. The van der Waals surface area contributed by atoms with E-state index in [0.29, 0.717) is 12.5 Å². The van der Waals surface area contributed by atoms with Gasteiger partial charge in [-0.15, -0.1) is 11.3 Å². The number of nitrogens with one attached hydrogen (secondary N) is 1. The van der Waals surface area contributed by atoms with Gasteiger partial charge in [-0.05, 0) is 25.7 Å². The van der Waals surface area contributed by atoms with Gasteiger partial charge in [0.1, 0.15) is 0 Å². The highest BCUT2D eigenvalue weighted by Crippen LogP contribution is 2.14. The van der Waals surface area contributed by atoms with Crippen molar-refractivity contribution in [3.63, 3.8) is 0 Å². The Morgan fingerprint density at radius 1 is 1.65 bits per heavy atom. The Labute approximate surface area is 105 Å². The van der Waals surface area contributed by atoms with Gasteiger partial charge in [0.05, 0.1) is 17.3 Å². The summed E-state index contributed by atoms with van der Waals surface area (Å²) in [6.45, 7) is 1.60. The molecule has 1 aromatic rings. The quantitative estimate of drug-likeness (QED) is 0.841. The molecule has 1 aliphatic rings. The van der Waals surface area contributed by atoms with Crippen LogP contribution in [0.4, 0.5) is 0 Å². The van der Waals surface area contributed by atoms with Crippen molar-refractivity contribution in [1.82, 2.24) is 10.3 Å². The molecule has 5 heteroatoms. The van der Waals surface area contributed by atoms with Gasteiger partial charge >= 0.3 is 0 Å². The first-order chi connectivity index (χ1) is 8.34. The number of carbonyl (C=O) groups is 1. The summed E-state index contributed by atoms with van der Waals surface area (Å²) in [5.74, 6) is 0.107. The highest BCUT2D eigenvalue weighted by molar-refractivity contribution is 7.07. The number of carbonyl (C=O) groups excluding carboxylic acids is 1. The molecular formula is C12H18N2O2S. The molecule has 17 heavy (non-hydrogen) atoms. The van der Waals surface area contributed by atoms with Crippen molar-refractivity contribution in [3.8, 4) is 0 Å².